The van der Waals surface area contributed by atoms with Crippen molar-refractivity contribution in [1.29, 1.82) is 0 Å². The van der Waals surface area contributed by atoms with E-state index in [4.69, 9.17) is 4.42 Å². The number of nitrogens with zero attached hydrogens (tertiary/aromatic N) is 2. The van der Waals surface area contributed by atoms with Crippen molar-refractivity contribution in [2.24, 2.45) is 5.92 Å². The molecule has 0 bridgehead atoms. The highest BCUT2D eigenvalue weighted by molar-refractivity contribution is 5.87. The second-order valence-corrected chi connectivity index (χ2v) is 7.76. The summed E-state index contributed by atoms with van der Waals surface area (Å²) >= 11 is 0. The molecular formula is C22H28N2O3. The predicted molar refractivity (Wildman–Crippen MR) is 103 cm³/mol. The topological polar surface area (TPSA) is 56.9 Å². The highest BCUT2D eigenvalue weighted by Crippen LogP contribution is 2.42. The minimum Gasteiger partial charge on any atom is -0.468 e. The molecule has 0 radical (unpaired) electrons. The summed E-state index contributed by atoms with van der Waals surface area (Å²) in [6, 6.07) is 13.4. The number of carbonyl (C=O) groups is 1. The van der Waals surface area contributed by atoms with Gasteiger partial charge in [-0.1, -0.05) is 43.2 Å². The van der Waals surface area contributed by atoms with Crippen molar-refractivity contribution in [3.05, 3.63) is 60.1 Å². The molecule has 1 aromatic carbocycles. The zero-order valence-corrected chi connectivity index (χ0v) is 15.7. The number of piperazine rings is 1. The fourth-order valence-corrected chi connectivity index (χ4v) is 4.54. The van der Waals surface area contributed by atoms with Crippen molar-refractivity contribution in [3.63, 3.8) is 0 Å². The number of furan rings is 1. The van der Waals surface area contributed by atoms with Gasteiger partial charge in [-0.05, 0) is 30.5 Å². The highest BCUT2D eigenvalue weighted by Gasteiger charge is 2.48. The molecule has 1 saturated carbocycles. The third kappa shape index (κ3) is 3.66. The van der Waals surface area contributed by atoms with Gasteiger partial charge in [0.15, 0.2) is 5.60 Å². The van der Waals surface area contributed by atoms with Crippen LogP contribution in [-0.4, -0.2) is 47.0 Å². The van der Waals surface area contributed by atoms with Crippen molar-refractivity contribution in [2.45, 2.75) is 37.8 Å². The lowest BCUT2D eigenvalue weighted by Gasteiger charge is -2.41. The summed E-state index contributed by atoms with van der Waals surface area (Å²) < 4.78 is 5.43. The van der Waals surface area contributed by atoms with Gasteiger partial charge in [-0.2, -0.15) is 0 Å². The minimum absolute atomic E-state index is 0.00792. The van der Waals surface area contributed by atoms with Crippen LogP contribution in [-0.2, 0) is 16.9 Å². The standard InChI is InChI=1S/C22H28N2O3/c25-21(24-14-12-23(13-15-24)17-20-11-6-16-27-20)22(26,19-9-4-5-10-19)18-7-2-1-3-8-18/h1-3,6-8,11,16,19,26H,4-5,9-10,12-15,17H2/t22-/m0/s1. The molecule has 0 spiro atoms. The van der Waals surface area contributed by atoms with Gasteiger partial charge in [0.2, 0.25) is 0 Å². The molecule has 1 amide bonds. The van der Waals surface area contributed by atoms with Crippen LogP contribution in [0.2, 0.25) is 0 Å². The van der Waals surface area contributed by atoms with Crippen molar-refractivity contribution in [3.8, 4) is 0 Å². The first-order chi connectivity index (χ1) is 13.2. The highest BCUT2D eigenvalue weighted by atomic mass is 16.3. The summed E-state index contributed by atoms with van der Waals surface area (Å²) in [6.07, 6.45) is 5.69. The molecular weight excluding hydrogens is 340 g/mol. The maximum atomic E-state index is 13.5. The molecule has 0 unspecified atom stereocenters. The number of rotatable bonds is 5. The second kappa shape index (κ2) is 7.87. The molecule has 27 heavy (non-hydrogen) atoms. The van der Waals surface area contributed by atoms with Crippen LogP contribution in [0.15, 0.2) is 53.1 Å². The molecule has 144 valence electrons. The average molecular weight is 368 g/mol. The maximum Gasteiger partial charge on any atom is 0.259 e. The van der Waals surface area contributed by atoms with Crippen molar-refractivity contribution in [2.75, 3.05) is 26.2 Å². The van der Waals surface area contributed by atoms with Crippen LogP contribution in [0.5, 0.6) is 0 Å². The van der Waals surface area contributed by atoms with E-state index in [0.717, 1.165) is 56.6 Å². The molecule has 5 heteroatoms. The van der Waals surface area contributed by atoms with Gasteiger partial charge >= 0.3 is 0 Å². The molecule has 1 N–H and O–H groups in total. The number of benzene rings is 1. The Bertz CT molecular complexity index is 732. The van der Waals surface area contributed by atoms with Gasteiger partial charge in [-0.25, -0.2) is 0 Å². The Labute approximate surface area is 160 Å². The smallest absolute Gasteiger partial charge is 0.259 e. The molecule has 5 nitrogen and oxygen atoms in total. The molecule has 2 heterocycles. The molecule has 1 aliphatic carbocycles. The van der Waals surface area contributed by atoms with E-state index < -0.39 is 5.60 Å². The first kappa shape index (κ1) is 18.3. The summed E-state index contributed by atoms with van der Waals surface area (Å²) in [4.78, 5) is 17.6. The molecule has 1 aliphatic heterocycles. The molecule has 1 atom stereocenters. The van der Waals surface area contributed by atoms with Crippen LogP contribution < -0.4 is 0 Å². The third-order valence-corrected chi connectivity index (χ3v) is 6.10. The van der Waals surface area contributed by atoms with E-state index in [9.17, 15) is 9.90 Å². The Morgan fingerprint density at radius 3 is 2.37 bits per heavy atom. The van der Waals surface area contributed by atoms with E-state index >= 15 is 0 Å². The molecule has 1 saturated heterocycles. The zero-order chi connectivity index (χ0) is 18.7. The lowest BCUT2D eigenvalue weighted by Crippen LogP contribution is -2.56. The van der Waals surface area contributed by atoms with E-state index in [1.807, 2.05) is 47.4 Å². The quantitative estimate of drug-likeness (QED) is 0.881. The van der Waals surface area contributed by atoms with E-state index in [-0.39, 0.29) is 11.8 Å². The zero-order valence-electron chi connectivity index (χ0n) is 15.7. The van der Waals surface area contributed by atoms with Gasteiger partial charge in [0.1, 0.15) is 5.76 Å². The van der Waals surface area contributed by atoms with E-state index in [1.54, 1.807) is 6.26 Å². The monoisotopic (exact) mass is 368 g/mol. The predicted octanol–water partition coefficient (Wildman–Crippen LogP) is 3.00. The Kier molecular flexibility index (Phi) is 5.32. The van der Waals surface area contributed by atoms with Gasteiger partial charge in [0.05, 0.1) is 12.8 Å². The summed E-state index contributed by atoms with van der Waals surface area (Å²) in [5.74, 6) is 0.827. The Morgan fingerprint density at radius 1 is 1.04 bits per heavy atom. The van der Waals surface area contributed by atoms with E-state index in [0.29, 0.717) is 13.1 Å². The average Bonchev–Trinajstić information content (AvgIpc) is 3.42. The van der Waals surface area contributed by atoms with Crippen LogP contribution in [0.3, 0.4) is 0 Å². The van der Waals surface area contributed by atoms with Crippen LogP contribution in [0, 0.1) is 5.92 Å². The molecule has 2 aliphatic rings. The van der Waals surface area contributed by atoms with Gasteiger partial charge in [-0.3, -0.25) is 9.69 Å². The normalized spacial score (nSPS) is 21.3. The summed E-state index contributed by atoms with van der Waals surface area (Å²) in [5.41, 5.74) is -0.666. The summed E-state index contributed by atoms with van der Waals surface area (Å²) in [5, 5.41) is 11.7. The maximum absolute atomic E-state index is 13.5. The number of aliphatic hydroxyl groups is 1. The largest absolute Gasteiger partial charge is 0.468 e. The van der Waals surface area contributed by atoms with Crippen molar-refractivity contribution < 1.29 is 14.3 Å². The lowest BCUT2D eigenvalue weighted by molar-refractivity contribution is -0.161. The third-order valence-electron chi connectivity index (χ3n) is 6.10. The second-order valence-electron chi connectivity index (χ2n) is 7.76. The fourth-order valence-electron chi connectivity index (χ4n) is 4.54. The number of hydrogen-bond donors (Lipinski definition) is 1. The van der Waals surface area contributed by atoms with Gasteiger partial charge in [0, 0.05) is 32.1 Å². The number of hydrogen-bond acceptors (Lipinski definition) is 4. The Morgan fingerprint density at radius 2 is 1.74 bits per heavy atom. The number of carbonyl (C=O) groups excluding carboxylic acids is 1. The number of amides is 1. The molecule has 2 aromatic rings. The van der Waals surface area contributed by atoms with Crippen molar-refractivity contribution >= 4 is 5.91 Å². The minimum atomic E-state index is -1.40. The van der Waals surface area contributed by atoms with Gasteiger partial charge < -0.3 is 14.4 Å². The van der Waals surface area contributed by atoms with Crippen LogP contribution in [0.25, 0.3) is 0 Å². The van der Waals surface area contributed by atoms with Gasteiger partial charge in [-0.15, -0.1) is 0 Å². The van der Waals surface area contributed by atoms with Crippen LogP contribution in [0.1, 0.15) is 37.0 Å². The molecule has 4 rings (SSSR count). The Hall–Kier alpha value is -2.11. The first-order valence-corrected chi connectivity index (χ1v) is 10.00. The van der Waals surface area contributed by atoms with Crippen LogP contribution >= 0.6 is 0 Å². The molecule has 1 aromatic heterocycles. The SMILES string of the molecule is O=C(N1CCN(Cc2ccco2)CC1)[C@](O)(c1ccccc1)C1CCCC1. The summed E-state index contributed by atoms with van der Waals surface area (Å²) in [7, 11) is 0. The Balaban J connectivity index is 1.47. The lowest BCUT2D eigenvalue weighted by atomic mass is 9.79. The fraction of sp³-hybridized carbons (Fsp3) is 0.500. The van der Waals surface area contributed by atoms with E-state index in [2.05, 4.69) is 4.90 Å². The van der Waals surface area contributed by atoms with Gasteiger partial charge in [0.25, 0.3) is 5.91 Å². The first-order valence-electron chi connectivity index (χ1n) is 10.00. The molecule has 2 fully saturated rings. The van der Waals surface area contributed by atoms with Crippen molar-refractivity contribution in [1.82, 2.24) is 9.80 Å². The summed E-state index contributed by atoms with van der Waals surface area (Å²) in [6.45, 7) is 3.63. The van der Waals surface area contributed by atoms with Crippen LogP contribution in [0.4, 0.5) is 0 Å². The van der Waals surface area contributed by atoms with E-state index in [1.165, 1.54) is 0 Å².